The highest BCUT2D eigenvalue weighted by Gasteiger charge is 2.18. The number of halogens is 1. The number of aryl methyl sites for hydroxylation is 1. The SMILES string of the molecule is O=C(NCCCNc1c2c(nc3ccccc13)CCCC2)c1ccc2c(Nc3ccccc3F)ncnc2c1. The van der Waals surface area contributed by atoms with Crippen molar-refractivity contribution in [2.24, 2.45) is 0 Å². The molecule has 0 saturated heterocycles. The molecule has 1 amide bonds. The highest BCUT2D eigenvalue weighted by molar-refractivity contribution is 6.00. The maximum Gasteiger partial charge on any atom is 0.251 e. The van der Waals surface area contributed by atoms with E-state index in [1.807, 2.05) is 6.07 Å². The molecule has 0 fully saturated rings. The molecule has 0 unspecified atom stereocenters. The number of pyridine rings is 1. The number of rotatable bonds is 8. The third kappa shape index (κ3) is 5.23. The van der Waals surface area contributed by atoms with Crippen molar-refractivity contribution in [2.75, 3.05) is 23.7 Å². The Hall–Kier alpha value is -4.59. The van der Waals surface area contributed by atoms with E-state index >= 15 is 0 Å². The summed E-state index contributed by atoms with van der Waals surface area (Å²) in [5.41, 5.74) is 6.21. The number of benzene rings is 3. The number of anilines is 3. The van der Waals surface area contributed by atoms with Gasteiger partial charge in [0.1, 0.15) is 18.0 Å². The van der Waals surface area contributed by atoms with Crippen LogP contribution in [-0.2, 0) is 12.8 Å². The number of hydrogen-bond acceptors (Lipinski definition) is 6. The second kappa shape index (κ2) is 11.0. The fourth-order valence-electron chi connectivity index (χ4n) is 5.17. The normalized spacial score (nSPS) is 12.7. The van der Waals surface area contributed by atoms with Crippen LogP contribution in [0.15, 0.2) is 73.1 Å². The van der Waals surface area contributed by atoms with E-state index in [1.165, 1.54) is 42.2 Å². The number of nitrogens with one attached hydrogen (secondary N) is 3. The van der Waals surface area contributed by atoms with Crippen molar-refractivity contribution in [1.82, 2.24) is 20.3 Å². The Labute approximate surface area is 225 Å². The van der Waals surface area contributed by atoms with Crippen LogP contribution in [0.2, 0.25) is 0 Å². The quantitative estimate of drug-likeness (QED) is 0.212. The van der Waals surface area contributed by atoms with Crippen molar-refractivity contribution in [3.8, 4) is 0 Å². The summed E-state index contributed by atoms with van der Waals surface area (Å²) in [5, 5.41) is 11.5. The molecule has 0 radical (unpaired) electrons. The molecule has 2 aromatic heterocycles. The third-order valence-electron chi connectivity index (χ3n) is 7.14. The smallest absolute Gasteiger partial charge is 0.251 e. The minimum atomic E-state index is -0.369. The monoisotopic (exact) mass is 520 g/mol. The summed E-state index contributed by atoms with van der Waals surface area (Å²) < 4.78 is 14.1. The lowest BCUT2D eigenvalue weighted by Crippen LogP contribution is -2.26. The molecule has 8 heteroatoms. The van der Waals surface area contributed by atoms with Crippen LogP contribution in [0.1, 0.15) is 40.9 Å². The average Bonchev–Trinajstić information content (AvgIpc) is 2.97. The van der Waals surface area contributed by atoms with Crippen molar-refractivity contribution < 1.29 is 9.18 Å². The molecule has 3 N–H and O–H groups in total. The lowest BCUT2D eigenvalue weighted by atomic mass is 9.92. The van der Waals surface area contributed by atoms with E-state index in [0.29, 0.717) is 34.5 Å². The van der Waals surface area contributed by atoms with Crippen LogP contribution in [0.25, 0.3) is 21.8 Å². The Morgan fingerprint density at radius 2 is 1.72 bits per heavy atom. The van der Waals surface area contributed by atoms with Gasteiger partial charge in [0.25, 0.3) is 5.91 Å². The van der Waals surface area contributed by atoms with E-state index < -0.39 is 0 Å². The highest BCUT2D eigenvalue weighted by Crippen LogP contribution is 2.33. The molecule has 7 nitrogen and oxygen atoms in total. The van der Waals surface area contributed by atoms with Crippen molar-refractivity contribution >= 4 is 44.9 Å². The molecule has 1 aliphatic rings. The lowest BCUT2D eigenvalue weighted by Gasteiger charge is -2.21. The molecule has 1 aliphatic carbocycles. The number of para-hydroxylation sites is 2. The molecule has 196 valence electrons. The van der Waals surface area contributed by atoms with Crippen LogP contribution < -0.4 is 16.0 Å². The zero-order valence-electron chi connectivity index (χ0n) is 21.5. The van der Waals surface area contributed by atoms with Crippen molar-refractivity contribution in [3.05, 3.63) is 95.7 Å². The summed E-state index contributed by atoms with van der Waals surface area (Å²) in [6, 6.07) is 19.9. The van der Waals surface area contributed by atoms with Gasteiger partial charge in [0, 0.05) is 40.8 Å². The number of aromatic nitrogens is 3. The van der Waals surface area contributed by atoms with E-state index in [-0.39, 0.29) is 11.7 Å². The summed E-state index contributed by atoms with van der Waals surface area (Å²) in [7, 11) is 0. The van der Waals surface area contributed by atoms with Crippen molar-refractivity contribution in [2.45, 2.75) is 32.1 Å². The molecule has 0 atom stereocenters. The number of fused-ring (bicyclic) bond motifs is 3. The topological polar surface area (TPSA) is 91.8 Å². The van der Waals surface area contributed by atoms with Gasteiger partial charge in [-0.2, -0.15) is 0 Å². The molecule has 0 aliphatic heterocycles. The zero-order chi connectivity index (χ0) is 26.6. The van der Waals surface area contributed by atoms with Crippen LogP contribution in [0.3, 0.4) is 0 Å². The number of carbonyl (C=O) groups excluding carboxylic acids is 1. The minimum absolute atomic E-state index is 0.161. The summed E-state index contributed by atoms with van der Waals surface area (Å²) in [4.78, 5) is 26.3. The Morgan fingerprint density at radius 1 is 0.872 bits per heavy atom. The Kier molecular flexibility index (Phi) is 6.99. The van der Waals surface area contributed by atoms with E-state index in [2.05, 4.69) is 44.1 Å². The van der Waals surface area contributed by atoms with E-state index in [4.69, 9.17) is 4.98 Å². The van der Waals surface area contributed by atoms with Crippen LogP contribution in [-0.4, -0.2) is 33.9 Å². The first kappa shape index (κ1) is 24.7. The zero-order valence-corrected chi connectivity index (χ0v) is 21.5. The molecule has 0 saturated carbocycles. The Morgan fingerprint density at radius 3 is 2.64 bits per heavy atom. The van der Waals surface area contributed by atoms with Gasteiger partial charge < -0.3 is 16.0 Å². The lowest BCUT2D eigenvalue weighted by molar-refractivity contribution is 0.0953. The minimum Gasteiger partial charge on any atom is -0.384 e. The molecule has 0 spiro atoms. The maximum absolute atomic E-state index is 14.1. The first-order valence-corrected chi connectivity index (χ1v) is 13.4. The summed E-state index contributed by atoms with van der Waals surface area (Å²) >= 11 is 0. The third-order valence-corrected chi connectivity index (χ3v) is 7.14. The van der Waals surface area contributed by atoms with Gasteiger partial charge in [0.05, 0.1) is 16.7 Å². The van der Waals surface area contributed by atoms with Crippen molar-refractivity contribution in [1.29, 1.82) is 0 Å². The molecule has 3 aromatic carbocycles. The van der Waals surface area contributed by atoms with E-state index in [1.54, 1.807) is 36.4 Å². The molecular weight excluding hydrogens is 491 g/mol. The maximum atomic E-state index is 14.1. The Balaban J connectivity index is 1.09. The van der Waals surface area contributed by atoms with Gasteiger partial charge in [-0.25, -0.2) is 14.4 Å². The summed E-state index contributed by atoms with van der Waals surface area (Å²) in [5.74, 6) is -0.0495. The van der Waals surface area contributed by atoms with Crippen molar-refractivity contribution in [3.63, 3.8) is 0 Å². The van der Waals surface area contributed by atoms with Crippen LogP contribution in [0.4, 0.5) is 21.6 Å². The largest absolute Gasteiger partial charge is 0.384 e. The number of hydrogen-bond donors (Lipinski definition) is 3. The van der Waals surface area contributed by atoms with E-state index in [9.17, 15) is 9.18 Å². The number of nitrogens with zero attached hydrogens (tertiary/aromatic N) is 3. The molecule has 0 bridgehead atoms. The van der Waals surface area contributed by atoms with Crippen LogP contribution in [0, 0.1) is 5.82 Å². The first-order chi connectivity index (χ1) is 19.2. The molecular formula is C31H29FN6O. The summed E-state index contributed by atoms with van der Waals surface area (Å²) in [6.07, 6.45) is 6.64. The molecule has 39 heavy (non-hydrogen) atoms. The molecule has 2 heterocycles. The second-order valence-corrected chi connectivity index (χ2v) is 9.73. The van der Waals surface area contributed by atoms with Gasteiger partial charge in [0.15, 0.2) is 0 Å². The molecule has 6 rings (SSSR count). The van der Waals surface area contributed by atoms with Crippen LogP contribution in [0.5, 0.6) is 0 Å². The standard InChI is InChI=1S/C31H29FN6O/c32-24-10-3-6-13-27(24)38-30-23-15-14-20(18-28(23)35-19-36-30)31(39)34-17-7-16-33-29-21-8-1-4-11-25(21)37-26-12-5-2-9-22(26)29/h1,3-4,6,8,10-11,13-15,18-19H,2,5,7,9,12,16-17H2,(H,33,37)(H,34,39)(H,35,36,38). The fraction of sp³-hybridized carbons (Fsp3) is 0.226. The molecule has 5 aromatic rings. The van der Waals surface area contributed by atoms with Gasteiger partial charge in [-0.05, 0) is 74.1 Å². The number of amides is 1. The number of carbonyl (C=O) groups is 1. The van der Waals surface area contributed by atoms with Gasteiger partial charge in [0.2, 0.25) is 0 Å². The predicted molar refractivity (Wildman–Crippen MR) is 153 cm³/mol. The second-order valence-electron chi connectivity index (χ2n) is 9.73. The van der Waals surface area contributed by atoms with Crippen LogP contribution >= 0.6 is 0 Å². The predicted octanol–water partition coefficient (Wildman–Crippen LogP) is 6.17. The fourth-order valence-corrected chi connectivity index (χ4v) is 5.17. The van der Waals surface area contributed by atoms with E-state index in [0.717, 1.165) is 36.7 Å². The van der Waals surface area contributed by atoms with Gasteiger partial charge in [-0.15, -0.1) is 0 Å². The first-order valence-electron chi connectivity index (χ1n) is 13.4. The Bertz CT molecular complexity index is 1670. The van der Waals surface area contributed by atoms with Gasteiger partial charge in [-0.3, -0.25) is 9.78 Å². The highest BCUT2D eigenvalue weighted by atomic mass is 19.1. The summed E-state index contributed by atoms with van der Waals surface area (Å²) in [6.45, 7) is 1.29. The van der Waals surface area contributed by atoms with Gasteiger partial charge >= 0.3 is 0 Å². The van der Waals surface area contributed by atoms with Gasteiger partial charge in [-0.1, -0.05) is 30.3 Å². The average molecular weight is 521 g/mol.